The molecule has 2 atom stereocenters. The van der Waals surface area contributed by atoms with Crippen molar-refractivity contribution in [3.05, 3.63) is 70.8 Å². The molecule has 1 nitrogen and oxygen atoms in total. The third-order valence-electron chi connectivity index (χ3n) is 4.65. The number of benzene rings is 2. The van der Waals surface area contributed by atoms with E-state index in [1.165, 1.54) is 16.7 Å². The first-order valence-corrected chi connectivity index (χ1v) is 7.03. The molecule has 2 aliphatic rings. The topological polar surface area (TPSA) is 17.1 Å². The van der Waals surface area contributed by atoms with Crippen molar-refractivity contribution in [1.82, 2.24) is 0 Å². The second-order valence-electron chi connectivity index (χ2n) is 5.76. The van der Waals surface area contributed by atoms with Gasteiger partial charge in [0.1, 0.15) is 0 Å². The van der Waals surface area contributed by atoms with Crippen LogP contribution >= 0.6 is 0 Å². The number of ketones is 1. The van der Waals surface area contributed by atoms with E-state index >= 15 is 0 Å². The normalized spacial score (nSPS) is 23.7. The highest BCUT2D eigenvalue weighted by atomic mass is 16.1. The van der Waals surface area contributed by atoms with Gasteiger partial charge in [0.05, 0.1) is 0 Å². The molecule has 0 amide bonds. The van der Waals surface area contributed by atoms with Crippen LogP contribution in [0.2, 0.25) is 0 Å². The molecule has 0 heterocycles. The fraction of sp³-hybridized carbons (Fsp3) is 0.278. The third kappa shape index (κ3) is 1.65. The van der Waals surface area contributed by atoms with Gasteiger partial charge in [-0.1, -0.05) is 48.5 Å². The van der Waals surface area contributed by atoms with Gasteiger partial charge in [0.25, 0.3) is 0 Å². The Bertz CT molecular complexity index is 656. The number of hydrogen-bond donors (Lipinski definition) is 0. The van der Waals surface area contributed by atoms with Crippen LogP contribution in [0.4, 0.5) is 0 Å². The second kappa shape index (κ2) is 4.06. The van der Waals surface area contributed by atoms with Gasteiger partial charge in [-0.25, -0.2) is 0 Å². The lowest BCUT2D eigenvalue weighted by atomic mass is 9.73. The average Bonchev–Trinajstić information content (AvgIpc) is 2.73. The lowest BCUT2D eigenvalue weighted by molar-refractivity contribution is 0.0924. The summed E-state index contributed by atoms with van der Waals surface area (Å²) < 4.78 is 0. The molecule has 0 spiro atoms. The van der Waals surface area contributed by atoms with Gasteiger partial charge in [0.15, 0.2) is 5.78 Å². The number of fused-ring (bicyclic) bond motifs is 2. The molecule has 2 aromatic carbocycles. The summed E-state index contributed by atoms with van der Waals surface area (Å²) in [5.41, 5.74) is 5.13. The number of Topliss-reactive ketones (excluding diaryl/α,β-unsaturated/α-hetero) is 1. The molecule has 4 rings (SSSR count). The highest BCUT2D eigenvalue weighted by molar-refractivity contribution is 6.02. The van der Waals surface area contributed by atoms with E-state index in [1.807, 2.05) is 18.2 Å². The number of rotatable bonds is 2. The molecule has 0 saturated heterocycles. The average molecular weight is 248 g/mol. The number of hydrogen-bond acceptors (Lipinski definition) is 1. The standard InChI is InChI=1S/C18H16O/c19-18-15(10-13-6-2-4-8-17(13)18)11-14-9-12-5-1-3-7-16(12)14/h1-8,14-15H,9-11H2. The summed E-state index contributed by atoms with van der Waals surface area (Å²) in [6.45, 7) is 0. The summed E-state index contributed by atoms with van der Waals surface area (Å²) in [6.07, 6.45) is 3.11. The minimum Gasteiger partial charge on any atom is -0.294 e. The van der Waals surface area contributed by atoms with E-state index in [9.17, 15) is 4.79 Å². The van der Waals surface area contributed by atoms with Crippen molar-refractivity contribution >= 4 is 5.78 Å². The predicted molar refractivity (Wildman–Crippen MR) is 75.5 cm³/mol. The van der Waals surface area contributed by atoms with Crippen LogP contribution in [-0.4, -0.2) is 5.78 Å². The third-order valence-corrected chi connectivity index (χ3v) is 4.65. The van der Waals surface area contributed by atoms with Crippen molar-refractivity contribution in [2.45, 2.75) is 25.2 Å². The van der Waals surface area contributed by atoms with E-state index in [2.05, 4.69) is 30.3 Å². The Morgan fingerprint density at radius 2 is 1.53 bits per heavy atom. The highest BCUT2D eigenvalue weighted by Gasteiger charge is 2.35. The van der Waals surface area contributed by atoms with E-state index in [4.69, 9.17) is 0 Å². The Balaban J connectivity index is 1.54. The molecule has 2 unspecified atom stereocenters. The highest BCUT2D eigenvalue weighted by Crippen LogP contribution is 2.42. The lowest BCUT2D eigenvalue weighted by Gasteiger charge is -2.31. The van der Waals surface area contributed by atoms with Gasteiger partial charge in [-0.05, 0) is 41.9 Å². The predicted octanol–water partition coefficient (Wildman–Crippen LogP) is 3.77. The Morgan fingerprint density at radius 1 is 0.842 bits per heavy atom. The van der Waals surface area contributed by atoms with Gasteiger partial charge in [0.2, 0.25) is 0 Å². The van der Waals surface area contributed by atoms with Crippen molar-refractivity contribution in [3.8, 4) is 0 Å². The summed E-state index contributed by atoms with van der Waals surface area (Å²) in [5, 5.41) is 0. The maximum Gasteiger partial charge on any atom is 0.166 e. The summed E-state index contributed by atoms with van der Waals surface area (Å²) in [5.74, 6) is 1.16. The maximum atomic E-state index is 12.4. The van der Waals surface area contributed by atoms with Crippen LogP contribution in [0.1, 0.15) is 39.4 Å². The molecule has 19 heavy (non-hydrogen) atoms. The van der Waals surface area contributed by atoms with E-state index < -0.39 is 0 Å². The minimum atomic E-state index is 0.204. The molecule has 0 fully saturated rings. The Kier molecular flexibility index (Phi) is 2.34. The monoisotopic (exact) mass is 248 g/mol. The summed E-state index contributed by atoms with van der Waals surface area (Å²) in [7, 11) is 0. The summed E-state index contributed by atoms with van der Waals surface area (Å²) in [6, 6.07) is 16.7. The maximum absolute atomic E-state index is 12.4. The Morgan fingerprint density at radius 3 is 2.32 bits per heavy atom. The smallest absolute Gasteiger partial charge is 0.166 e. The number of carbonyl (C=O) groups is 1. The van der Waals surface area contributed by atoms with Gasteiger partial charge in [-0.15, -0.1) is 0 Å². The first-order valence-electron chi connectivity index (χ1n) is 7.03. The van der Waals surface area contributed by atoms with Gasteiger partial charge in [-0.2, -0.15) is 0 Å². The van der Waals surface area contributed by atoms with Gasteiger partial charge in [-0.3, -0.25) is 4.79 Å². The fourth-order valence-electron chi connectivity index (χ4n) is 3.62. The zero-order chi connectivity index (χ0) is 12.8. The zero-order valence-electron chi connectivity index (χ0n) is 10.8. The van der Waals surface area contributed by atoms with Crippen LogP contribution in [0.5, 0.6) is 0 Å². The van der Waals surface area contributed by atoms with Crippen molar-refractivity contribution in [3.63, 3.8) is 0 Å². The molecule has 2 aliphatic carbocycles. The molecule has 94 valence electrons. The molecule has 1 heteroatoms. The van der Waals surface area contributed by atoms with Gasteiger partial charge >= 0.3 is 0 Å². The van der Waals surface area contributed by atoms with Crippen LogP contribution < -0.4 is 0 Å². The van der Waals surface area contributed by atoms with Crippen LogP contribution in [0, 0.1) is 5.92 Å². The molecule has 0 bridgehead atoms. The molecule has 0 aromatic heterocycles. The molecule has 0 N–H and O–H groups in total. The Hall–Kier alpha value is -1.89. The minimum absolute atomic E-state index is 0.204. The second-order valence-corrected chi connectivity index (χ2v) is 5.76. The lowest BCUT2D eigenvalue weighted by Crippen LogP contribution is -2.22. The van der Waals surface area contributed by atoms with Crippen LogP contribution in [0.3, 0.4) is 0 Å². The summed E-state index contributed by atoms with van der Waals surface area (Å²) >= 11 is 0. The molecule has 2 aromatic rings. The van der Waals surface area contributed by atoms with Crippen LogP contribution in [-0.2, 0) is 12.8 Å². The Labute approximate surface area is 113 Å². The SMILES string of the molecule is O=C1c2ccccc2CC1CC1Cc2ccccc21. The van der Waals surface area contributed by atoms with Gasteiger partial charge in [0, 0.05) is 11.5 Å². The van der Waals surface area contributed by atoms with Crippen molar-refractivity contribution in [2.75, 3.05) is 0 Å². The van der Waals surface area contributed by atoms with E-state index in [-0.39, 0.29) is 5.92 Å². The van der Waals surface area contributed by atoms with Crippen LogP contribution in [0.25, 0.3) is 0 Å². The van der Waals surface area contributed by atoms with Crippen molar-refractivity contribution < 1.29 is 4.79 Å². The molecular formula is C18H16O. The first kappa shape index (κ1) is 11.0. The van der Waals surface area contributed by atoms with Crippen molar-refractivity contribution in [2.24, 2.45) is 5.92 Å². The molecule has 0 radical (unpaired) electrons. The number of carbonyl (C=O) groups excluding carboxylic acids is 1. The fourth-order valence-corrected chi connectivity index (χ4v) is 3.62. The van der Waals surface area contributed by atoms with Crippen molar-refractivity contribution in [1.29, 1.82) is 0 Å². The molecule has 0 aliphatic heterocycles. The van der Waals surface area contributed by atoms with Crippen LogP contribution in [0.15, 0.2) is 48.5 Å². The van der Waals surface area contributed by atoms with Gasteiger partial charge < -0.3 is 0 Å². The molecule has 0 saturated carbocycles. The molecular weight excluding hydrogens is 232 g/mol. The van der Waals surface area contributed by atoms with E-state index in [0.29, 0.717) is 11.7 Å². The zero-order valence-corrected chi connectivity index (χ0v) is 10.8. The van der Waals surface area contributed by atoms with E-state index in [1.54, 1.807) is 0 Å². The van der Waals surface area contributed by atoms with E-state index in [0.717, 1.165) is 24.8 Å². The largest absolute Gasteiger partial charge is 0.294 e. The quantitative estimate of drug-likeness (QED) is 0.790. The first-order chi connectivity index (χ1) is 9.33. The summed E-state index contributed by atoms with van der Waals surface area (Å²) in [4.78, 5) is 12.4.